The zero-order chi connectivity index (χ0) is 8.84. The third kappa shape index (κ3) is 1.12. The predicted molar refractivity (Wildman–Crippen MR) is 53.3 cm³/mol. The highest BCUT2D eigenvalue weighted by Crippen LogP contribution is 2.35. The van der Waals surface area contributed by atoms with Gasteiger partial charge < -0.3 is 4.90 Å². The molecule has 0 saturated carbocycles. The number of hydrogen-bond donors (Lipinski definition) is 0. The Hall–Kier alpha value is -0.760. The third-order valence-electron chi connectivity index (χ3n) is 3.02. The van der Waals surface area contributed by atoms with E-state index in [-0.39, 0.29) is 0 Å². The van der Waals surface area contributed by atoms with Crippen molar-refractivity contribution in [2.24, 2.45) is 5.92 Å². The van der Waals surface area contributed by atoms with Crippen molar-refractivity contribution in [3.8, 4) is 0 Å². The molecule has 0 aromatic carbocycles. The van der Waals surface area contributed by atoms with Crippen LogP contribution in [0.2, 0.25) is 5.15 Å². The molecule has 0 radical (unpaired) electrons. The summed E-state index contributed by atoms with van der Waals surface area (Å²) in [7, 11) is 0. The van der Waals surface area contributed by atoms with Gasteiger partial charge in [-0.2, -0.15) is 0 Å². The van der Waals surface area contributed by atoms with Crippen molar-refractivity contribution in [1.29, 1.82) is 0 Å². The standard InChI is InChI=1S/C10H11ClN2/c11-10-2-1-9-8(12-10)5-7-3-4-13(9)6-7/h1-2,7H,3-6H2/t7-/m1/s1. The van der Waals surface area contributed by atoms with Crippen molar-refractivity contribution in [2.75, 3.05) is 18.0 Å². The molecule has 0 spiro atoms. The van der Waals surface area contributed by atoms with Crippen LogP contribution in [0.1, 0.15) is 12.1 Å². The first-order chi connectivity index (χ1) is 6.33. The molecular formula is C10H11ClN2. The maximum Gasteiger partial charge on any atom is 0.129 e. The summed E-state index contributed by atoms with van der Waals surface area (Å²) in [5.74, 6) is 0.818. The monoisotopic (exact) mass is 194 g/mol. The second kappa shape index (κ2) is 2.61. The summed E-state index contributed by atoms with van der Waals surface area (Å²) in [5, 5.41) is 0.626. The quantitative estimate of drug-likeness (QED) is 0.589. The third-order valence-corrected chi connectivity index (χ3v) is 3.24. The Labute approximate surface area is 82.5 Å². The second-order valence-corrected chi connectivity index (χ2v) is 4.29. The average Bonchev–Trinajstić information content (AvgIpc) is 2.48. The Bertz CT molecular complexity index is 351. The van der Waals surface area contributed by atoms with Gasteiger partial charge in [-0.25, -0.2) is 4.98 Å². The van der Waals surface area contributed by atoms with Crippen molar-refractivity contribution in [3.63, 3.8) is 0 Å². The molecule has 2 nitrogen and oxygen atoms in total. The number of nitrogens with zero attached hydrogens (tertiary/aromatic N) is 2. The minimum Gasteiger partial charge on any atom is -0.370 e. The summed E-state index contributed by atoms with van der Waals surface area (Å²) in [4.78, 5) is 6.80. The number of halogens is 1. The van der Waals surface area contributed by atoms with Gasteiger partial charge >= 0.3 is 0 Å². The van der Waals surface area contributed by atoms with Crippen LogP contribution in [0.25, 0.3) is 0 Å². The number of aromatic nitrogens is 1. The molecular weight excluding hydrogens is 184 g/mol. The first-order valence-corrected chi connectivity index (χ1v) is 5.11. The van der Waals surface area contributed by atoms with E-state index in [2.05, 4.69) is 16.0 Å². The topological polar surface area (TPSA) is 16.1 Å². The smallest absolute Gasteiger partial charge is 0.129 e. The van der Waals surface area contributed by atoms with Crippen molar-refractivity contribution >= 4 is 17.3 Å². The number of pyridine rings is 1. The van der Waals surface area contributed by atoms with Gasteiger partial charge in [0.2, 0.25) is 0 Å². The van der Waals surface area contributed by atoms with Crippen molar-refractivity contribution in [2.45, 2.75) is 12.8 Å². The zero-order valence-corrected chi connectivity index (χ0v) is 8.09. The molecule has 0 N–H and O–H groups in total. The number of anilines is 1. The summed E-state index contributed by atoms with van der Waals surface area (Å²) in [6.45, 7) is 2.41. The van der Waals surface area contributed by atoms with Crippen LogP contribution in [0.4, 0.5) is 5.69 Å². The highest BCUT2D eigenvalue weighted by molar-refractivity contribution is 6.29. The molecule has 68 valence electrons. The van der Waals surface area contributed by atoms with Gasteiger partial charge in [-0.1, -0.05) is 11.6 Å². The lowest BCUT2D eigenvalue weighted by Gasteiger charge is -2.26. The Morgan fingerprint density at radius 3 is 3.31 bits per heavy atom. The fraction of sp³-hybridized carbons (Fsp3) is 0.500. The normalized spacial score (nSPS) is 24.7. The molecule has 2 aliphatic rings. The fourth-order valence-corrected chi connectivity index (χ4v) is 2.56. The van der Waals surface area contributed by atoms with Crippen LogP contribution in [0.5, 0.6) is 0 Å². The molecule has 1 aromatic rings. The molecule has 1 atom stereocenters. The van der Waals surface area contributed by atoms with Crippen LogP contribution in [0.3, 0.4) is 0 Å². The first kappa shape index (κ1) is 7.63. The van der Waals surface area contributed by atoms with Gasteiger partial charge in [-0.3, -0.25) is 0 Å². The first-order valence-electron chi connectivity index (χ1n) is 4.73. The fourth-order valence-electron chi connectivity index (χ4n) is 2.40. The summed E-state index contributed by atoms with van der Waals surface area (Å²) < 4.78 is 0. The maximum absolute atomic E-state index is 5.86. The van der Waals surface area contributed by atoms with E-state index in [1.165, 1.54) is 30.9 Å². The average molecular weight is 195 g/mol. The Morgan fingerprint density at radius 2 is 2.38 bits per heavy atom. The largest absolute Gasteiger partial charge is 0.370 e. The van der Waals surface area contributed by atoms with E-state index in [1.807, 2.05) is 6.07 Å². The van der Waals surface area contributed by atoms with Gasteiger partial charge in [0.15, 0.2) is 0 Å². The minimum atomic E-state index is 0.626. The lowest BCUT2D eigenvalue weighted by Crippen LogP contribution is -2.26. The van der Waals surface area contributed by atoms with Crippen molar-refractivity contribution < 1.29 is 0 Å². The number of rotatable bonds is 0. The summed E-state index contributed by atoms with van der Waals surface area (Å²) in [5.41, 5.74) is 2.50. The lowest BCUT2D eigenvalue weighted by molar-refractivity contribution is 0.566. The molecule has 2 bridgehead atoms. The van der Waals surface area contributed by atoms with E-state index < -0.39 is 0 Å². The van der Waals surface area contributed by atoms with E-state index in [0.29, 0.717) is 5.15 Å². The van der Waals surface area contributed by atoms with Gasteiger partial charge in [0.1, 0.15) is 5.15 Å². The van der Waals surface area contributed by atoms with Gasteiger partial charge in [-0.05, 0) is 30.9 Å². The molecule has 0 unspecified atom stereocenters. The summed E-state index contributed by atoms with van der Waals surface area (Å²) in [6.07, 6.45) is 2.43. The Balaban J connectivity index is 2.12. The molecule has 3 heterocycles. The molecule has 13 heavy (non-hydrogen) atoms. The van der Waals surface area contributed by atoms with Crippen molar-refractivity contribution in [1.82, 2.24) is 4.98 Å². The predicted octanol–water partition coefficient (Wildman–Crippen LogP) is 2.12. The van der Waals surface area contributed by atoms with Crippen molar-refractivity contribution in [3.05, 3.63) is 23.0 Å². The molecule has 1 saturated heterocycles. The molecule has 1 fully saturated rings. The highest BCUT2D eigenvalue weighted by atomic mass is 35.5. The van der Waals surface area contributed by atoms with Crippen LogP contribution in [-0.4, -0.2) is 18.1 Å². The van der Waals surface area contributed by atoms with E-state index in [0.717, 1.165) is 12.3 Å². The maximum atomic E-state index is 5.86. The molecule has 0 amide bonds. The van der Waals surface area contributed by atoms with Gasteiger partial charge in [-0.15, -0.1) is 0 Å². The molecule has 0 aliphatic carbocycles. The molecule has 2 aliphatic heterocycles. The summed E-state index contributed by atoms with van der Waals surface area (Å²) in [6, 6.07) is 3.99. The van der Waals surface area contributed by atoms with E-state index in [4.69, 9.17) is 11.6 Å². The van der Waals surface area contributed by atoms with Gasteiger partial charge in [0, 0.05) is 13.1 Å². The van der Waals surface area contributed by atoms with Crippen LogP contribution in [0.15, 0.2) is 12.1 Å². The lowest BCUT2D eigenvalue weighted by atomic mass is 9.99. The molecule has 1 aromatic heterocycles. The minimum absolute atomic E-state index is 0.626. The van der Waals surface area contributed by atoms with E-state index >= 15 is 0 Å². The SMILES string of the molecule is Clc1ccc2c(n1)C[C@H]1CCN2C1. The van der Waals surface area contributed by atoms with Crippen LogP contribution >= 0.6 is 11.6 Å². The Kier molecular flexibility index (Phi) is 1.53. The number of fused-ring (bicyclic) bond motifs is 4. The van der Waals surface area contributed by atoms with Crippen LogP contribution in [0, 0.1) is 5.92 Å². The number of hydrogen-bond acceptors (Lipinski definition) is 2. The van der Waals surface area contributed by atoms with Crippen LogP contribution < -0.4 is 4.90 Å². The summed E-state index contributed by atoms with van der Waals surface area (Å²) >= 11 is 5.86. The van der Waals surface area contributed by atoms with E-state index in [9.17, 15) is 0 Å². The second-order valence-electron chi connectivity index (χ2n) is 3.90. The Morgan fingerprint density at radius 1 is 1.46 bits per heavy atom. The molecule has 3 heteroatoms. The van der Waals surface area contributed by atoms with Gasteiger partial charge in [0.05, 0.1) is 11.4 Å². The zero-order valence-electron chi connectivity index (χ0n) is 7.33. The van der Waals surface area contributed by atoms with E-state index in [1.54, 1.807) is 0 Å². The molecule has 3 rings (SSSR count). The van der Waals surface area contributed by atoms with Crippen LogP contribution in [-0.2, 0) is 6.42 Å². The van der Waals surface area contributed by atoms with Gasteiger partial charge in [0.25, 0.3) is 0 Å². The highest BCUT2D eigenvalue weighted by Gasteiger charge is 2.30.